The van der Waals surface area contributed by atoms with Crippen LogP contribution in [-0.2, 0) is 14.3 Å². The summed E-state index contributed by atoms with van der Waals surface area (Å²) < 4.78 is 5.48. The number of amides is 1. The van der Waals surface area contributed by atoms with Crippen molar-refractivity contribution in [2.24, 2.45) is 0 Å². The normalized spacial score (nSPS) is 12.7. The first kappa shape index (κ1) is 75.1. The van der Waals surface area contributed by atoms with Crippen molar-refractivity contribution in [3.05, 3.63) is 36.5 Å². The zero-order chi connectivity index (χ0) is 55.7. The summed E-state index contributed by atoms with van der Waals surface area (Å²) in [6, 6.07) is -0.548. The molecule has 0 saturated heterocycles. The molecule has 2 unspecified atom stereocenters. The van der Waals surface area contributed by atoms with Crippen LogP contribution in [0.4, 0.5) is 0 Å². The number of esters is 1. The van der Waals surface area contributed by atoms with E-state index in [0.29, 0.717) is 25.9 Å². The highest BCUT2D eigenvalue weighted by Crippen LogP contribution is 2.18. The minimum atomic E-state index is -0.670. The lowest BCUT2D eigenvalue weighted by molar-refractivity contribution is -0.143. The van der Waals surface area contributed by atoms with Crippen molar-refractivity contribution in [1.29, 1.82) is 0 Å². The summed E-state index contributed by atoms with van der Waals surface area (Å²) in [4.78, 5) is 24.6. The molecule has 0 bridgehead atoms. The number of aliphatic hydroxyl groups is 2. The third-order valence-corrected chi connectivity index (χ3v) is 16.2. The fourth-order valence-corrected chi connectivity index (χ4v) is 10.8. The molecule has 0 aromatic heterocycles. The molecule has 0 aromatic carbocycles. The molecule has 0 aliphatic carbocycles. The van der Waals surface area contributed by atoms with Gasteiger partial charge in [-0.05, 0) is 77.0 Å². The maximum atomic E-state index is 12.5. The van der Waals surface area contributed by atoms with Crippen LogP contribution in [0.5, 0.6) is 0 Å². The van der Waals surface area contributed by atoms with Crippen LogP contribution in [0.25, 0.3) is 0 Å². The monoisotopic (exact) mass is 1080 g/mol. The molecule has 0 aliphatic rings. The highest BCUT2D eigenvalue weighted by Gasteiger charge is 2.20. The summed E-state index contributed by atoms with van der Waals surface area (Å²) in [7, 11) is 0. The molecular formula is C71H135NO5. The predicted molar refractivity (Wildman–Crippen MR) is 338 cm³/mol. The van der Waals surface area contributed by atoms with Crippen LogP contribution < -0.4 is 5.32 Å². The molecule has 0 saturated carbocycles. The van der Waals surface area contributed by atoms with Crippen LogP contribution in [0.1, 0.15) is 380 Å². The van der Waals surface area contributed by atoms with Gasteiger partial charge in [0.15, 0.2) is 0 Å². The topological polar surface area (TPSA) is 95.9 Å². The van der Waals surface area contributed by atoms with Gasteiger partial charge < -0.3 is 20.3 Å². The van der Waals surface area contributed by atoms with Gasteiger partial charge in [0.1, 0.15) is 0 Å². The van der Waals surface area contributed by atoms with E-state index in [0.717, 1.165) is 51.4 Å². The van der Waals surface area contributed by atoms with Crippen LogP contribution >= 0.6 is 0 Å². The second-order valence-electron chi connectivity index (χ2n) is 23.9. The molecule has 2 atom stereocenters. The van der Waals surface area contributed by atoms with Crippen molar-refractivity contribution in [3.63, 3.8) is 0 Å². The van der Waals surface area contributed by atoms with E-state index in [1.807, 2.05) is 0 Å². The van der Waals surface area contributed by atoms with Gasteiger partial charge in [-0.3, -0.25) is 9.59 Å². The maximum absolute atomic E-state index is 12.5. The van der Waals surface area contributed by atoms with Gasteiger partial charge >= 0.3 is 5.97 Å². The molecule has 6 heteroatoms. The van der Waals surface area contributed by atoms with E-state index < -0.39 is 12.1 Å². The lowest BCUT2D eigenvalue weighted by Crippen LogP contribution is -2.45. The standard InChI is InChI=1S/C71H135NO5/c1-3-5-7-9-11-13-15-17-19-20-21-22-24-27-30-33-36-39-43-47-51-55-59-63-69(74)68(67-73)72-70(75)64-60-56-52-48-44-40-37-34-31-28-25-23-26-29-32-35-38-42-46-50-54-58-62-66-77-71(76)65-61-57-53-49-45-41-18-16-14-12-10-8-6-4-2/h10,12,16,18,28,31,68-69,73-74H,3-9,11,13-15,17,19-27,29-30,32-67H2,1-2H3,(H,72,75)/b12-10-,18-16-,31-28-. The molecular weight excluding hydrogens is 947 g/mol. The third-order valence-electron chi connectivity index (χ3n) is 16.2. The lowest BCUT2D eigenvalue weighted by Gasteiger charge is -2.22. The minimum Gasteiger partial charge on any atom is -0.466 e. The summed E-state index contributed by atoms with van der Waals surface area (Å²) in [5.41, 5.74) is 0. The Morgan fingerprint density at radius 3 is 1.04 bits per heavy atom. The molecule has 0 aliphatic heterocycles. The first-order valence-corrected chi connectivity index (χ1v) is 34.7. The quantitative estimate of drug-likeness (QED) is 0.0320. The Bertz CT molecular complexity index is 1250. The van der Waals surface area contributed by atoms with E-state index in [4.69, 9.17) is 4.74 Å². The number of unbranched alkanes of at least 4 members (excludes halogenated alkanes) is 48. The molecule has 0 spiro atoms. The van der Waals surface area contributed by atoms with Crippen molar-refractivity contribution < 1.29 is 24.5 Å². The summed E-state index contributed by atoms with van der Waals surface area (Å²) >= 11 is 0. The minimum absolute atomic E-state index is 0.00260. The average Bonchev–Trinajstić information content (AvgIpc) is 3.43. The van der Waals surface area contributed by atoms with E-state index in [1.54, 1.807) is 0 Å². The molecule has 3 N–H and O–H groups in total. The van der Waals surface area contributed by atoms with Crippen molar-refractivity contribution in [1.82, 2.24) is 5.32 Å². The van der Waals surface area contributed by atoms with Crippen LogP contribution in [0.2, 0.25) is 0 Å². The van der Waals surface area contributed by atoms with Crippen molar-refractivity contribution in [2.75, 3.05) is 13.2 Å². The van der Waals surface area contributed by atoms with E-state index in [-0.39, 0.29) is 18.5 Å². The Hall–Kier alpha value is -1.92. The molecule has 0 fully saturated rings. The molecule has 0 radical (unpaired) electrons. The fraction of sp³-hybridized carbons (Fsp3) is 0.887. The first-order valence-electron chi connectivity index (χ1n) is 34.7. The van der Waals surface area contributed by atoms with Gasteiger partial charge in [-0.2, -0.15) is 0 Å². The number of aliphatic hydroxyl groups excluding tert-OH is 2. The predicted octanol–water partition coefficient (Wildman–Crippen LogP) is 22.3. The Kier molecular flexibility index (Phi) is 64.9. The smallest absolute Gasteiger partial charge is 0.305 e. The van der Waals surface area contributed by atoms with E-state index in [1.165, 1.54) is 295 Å². The van der Waals surface area contributed by atoms with E-state index >= 15 is 0 Å². The highest BCUT2D eigenvalue weighted by atomic mass is 16.5. The van der Waals surface area contributed by atoms with Crippen molar-refractivity contribution in [2.45, 2.75) is 392 Å². The Morgan fingerprint density at radius 2 is 0.662 bits per heavy atom. The number of carbonyl (C=O) groups excluding carboxylic acids is 2. The second-order valence-corrected chi connectivity index (χ2v) is 23.9. The maximum Gasteiger partial charge on any atom is 0.305 e. The number of carbonyl (C=O) groups is 2. The lowest BCUT2D eigenvalue weighted by atomic mass is 10.0. The fourth-order valence-electron chi connectivity index (χ4n) is 10.8. The zero-order valence-electron chi connectivity index (χ0n) is 52.0. The third kappa shape index (κ3) is 63.1. The van der Waals surface area contributed by atoms with Crippen LogP contribution in [0.15, 0.2) is 36.5 Å². The molecule has 1 amide bonds. The molecule has 6 nitrogen and oxygen atoms in total. The average molecular weight is 1080 g/mol. The summed E-state index contributed by atoms with van der Waals surface area (Å²) in [6.07, 6.45) is 84.7. The Labute approximate surface area is 481 Å². The Morgan fingerprint density at radius 1 is 0.364 bits per heavy atom. The van der Waals surface area contributed by atoms with Gasteiger partial charge in [0, 0.05) is 12.8 Å². The number of rotatable bonds is 65. The first-order chi connectivity index (χ1) is 38.0. The Balaban J connectivity index is 3.42. The molecule has 454 valence electrons. The largest absolute Gasteiger partial charge is 0.466 e. The van der Waals surface area contributed by atoms with Gasteiger partial charge in [-0.1, -0.05) is 326 Å². The van der Waals surface area contributed by atoms with E-state index in [2.05, 4.69) is 55.6 Å². The van der Waals surface area contributed by atoms with Crippen LogP contribution in [0.3, 0.4) is 0 Å². The number of ether oxygens (including phenoxy) is 1. The van der Waals surface area contributed by atoms with Gasteiger partial charge in [0.2, 0.25) is 5.91 Å². The van der Waals surface area contributed by atoms with Gasteiger partial charge in [0.05, 0.1) is 25.4 Å². The van der Waals surface area contributed by atoms with Gasteiger partial charge in [-0.25, -0.2) is 0 Å². The number of hydrogen-bond donors (Lipinski definition) is 3. The summed E-state index contributed by atoms with van der Waals surface area (Å²) in [5.74, 6) is -0.0401. The van der Waals surface area contributed by atoms with Crippen LogP contribution in [-0.4, -0.2) is 47.4 Å². The van der Waals surface area contributed by atoms with Gasteiger partial charge in [0.25, 0.3) is 0 Å². The molecule has 0 heterocycles. The summed E-state index contributed by atoms with van der Waals surface area (Å²) in [5, 5.41) is 23.4. The SMILES string of the molecule is CCCC/C=C\C/C=C\CCCCCCCC(=O)OCCCCCCCCCCCCCC/C=C\CCCCCCCCCC(=O)NC(CO)C(O)CCCCCCCCCCCCCCCCCCCCCCCCC. The summed E-state index contributed by atoms with van der Waals surface area (Å²) in [6.45, 7) is 4.93. The zero-order valence-corrected chi connectivity index (χ0v) is 52.0. The molecule has 0 rings (SSSR count). The number of hydrogen-bond acceptors (Lipinski definition) is 5. The van der Waals surface area contributed by atoms with Gasteiger partial charge in [-0.15, -0.1) is 0 Å². The number of nitrogens with one attached hydrogen (secondary N) is 1. The molecule has 77 heavy (non-hydrogen) atoms. The number of allylic oxidation sites excluding steroid dienone is 6. The molecule has 0 aromatic rings. The van der Waals surface area contributed by atoms with Crippen molar-refractivity contribution in [3.8, 4) is 0 Å². The highest BCUT2D eigenvalue weighted by molar-refractivity contribution is 5.76. The van der Waals surface area contributed by atoms with E-state index in [9.17, 15) is 19.8 Å². The van der Waals surface area contributed by atoms with Crippen LogP contribution in [0, 0.1) is 0 Å². The second kappa shape index (κ2) is 66.6. The van der Waals surface area contributed by atoms with Crippen molar-refractivity contribution >= 4 is 11.9 Å².